The minimum absolute atomic E-state index is 0.240. The smallest absolute Gasteiger partial charge is 0.137 e. The molecule has 0 aromatic heterocycles. The van der Waals surface area contributed by atoms with E-state index in [1.807, 2.05) is 25.2 Å². The summed E-state index contributed by atoms with van der Waals surface area (Å²) >= 11 is 6.08. The van der Waals surface area contributed by atoms with Crippen molar-refractivity contribution in [2.24, 2.45) is 0 Å². The first-order valence-corrected chi connectivity index (χ1v) is 7.08. The van der Waals surface area contributed by atoms with Crippen LogP contribution in [0.25, 0.3) is 0 Å². The van der Waals surface area contributed by atoms with E-state index >= 15 is 0 Å². The van der Waals surface area contributed by atoms with E-state index in [1.165, 1.54) is 16.7 Å². The van der Waals surface area contributed by atoms with Crippen LogP contribution >= 0.6 is 11.6 Å². The fourth-order valence-electron chi connectivity index (χ4n) is 2.24. The maximum absolute atomic E-state index is 6.08. The second-order valence-corrected chi connectivity index (χ2v) is 5.33. The molecule has 2 aromatic rings. The molecule has 0 amide bonds. The highest BCUT2D eigenvalue weighted by atomic mass is 35.5. The van der Waals surface area contributed by atoms with Crippen molar-refractivity contribution in [2.45, 2.75) is 19.4 Å². The number of halogens is 1. The molecule has 1 N–H and O–H groups in total. The number of methoxy groups -OCH3 is 1. The van der Waals surface area contributed by atoms with Crippen molar-refractivity contribution in [3.8, 4) is 5.75 Å². The average molecular weight is 290 g/mol. The van der Waals surface area contributed by atoms with Crippen LogP contribution in [-0.2, 0) is 6.42 Å². The lowest BCUT2D eigenvalue weighted by Gasteiger charge is -2.18. The molecule has 0 aliphatic rings. The summed E-state index contributed by atoms with van der Waals surface area (Å²) < 4.78 is 5.29. The maximum Gasteiger partial charge on any atom is 0.137 e. The van der Waals surface area contributed by atoms with Crippen molar-refractivity contribution in [1.29, 1.82) is 0 Å². The third kappa shape index (κ3) is 3.53. The molecule has 0 aliphatic carbocycles. The predicted molar refractivity (Wildman–Crippen MR) is 84.7 cm³/mol. The molecule has 1 unspecified atom stereocenters. The Morgan fingerprint density at radius 1 is 1.15 bits per heavy atom. The highest BCUT2D eigenvalue weighted by molar-refractivity contribution is 6.32. The van der Waals surface area contributed by atoms with E-state index in [4.69, 9.17) is 16.3 Å². The molecule has 0 fully saturated rings. The van der Waals surface area contributed by atoms with Gasteiger partial charge in [0.2, 0.25) is 0 Å². The van der Waals surface area contributed by atoms with E-state index in [9.17, 15) is 0 Å². The van der Waals surface area contributed by atoms with Gasteiger partial charge in [-0.3, -0.25) is 0 Å². The Morgan fingerprint density at radius 2 is 1.85 bits per heavy atom. The van der Waals surface area contributed by atoms with Gasteiger partial charge in [0.05, 0.1) is 12.1 Å². The van der Waals surface area contributed by atoms with Crippen LogP contribution in [0.5, 0.6) is 5.75 Å². The van der Waals surface area contributed by atoms with Crippen molar-refractivity contribution in [3.63, 3.8) is 0 Å². The Bertz CT molecular complexity index is 566. The fraction of sp³-hybridized carbons (Fsp3) is 0.294. The van der Waals surface area contributed by atoms with Gasteiger partial charge in [-0.15, -0.1) is 0 Å². The SMILES string of the molecule is CNC(Cc1ccc(C)cc1)c1ccc(Cl)c(OC)c1. The molecule has 20 heavy (non-hydrogen) atoms. The van der Waals surface area contributed by atoms with Gasteiger partial charge >= 0.3 is 0 Å². The molecule has 0 saturated carbocycles. The molecule has 2 rings (SSSR count). The molecule has 1 atom stereocenters. The summed E-state index contributed by atoms with van der Waals surface area (Å²) in [5, 5.41) is 3.99. The summed E-state index contributed by atoms with van der Waals surface area (Å²) in [7, 11) is 3.61. The number of rotatable bonds is 5. The quantitative estimate of drug-likeness (QED) is 0.892. The zero-order valence-corrected chi connectivity index (χ0v) is 12.9. The van der Waals surface area contributed by atoms with E-state index in [0.717, 1.165) is 6.42 Å². The number of hydrogen-bond acceptors (Lipinski definition) is 2. The zero-order valence-electron chi connectivity index (χ0n) is 12.1. The molecular weight excluding hydrogens is 270 g/mol. The monoisotopic (exact) mass is 289 g/mol. The van der Waals surface area contributed by atoms with Crippen LogP contribution in [0.4, 0.5) is 0 Å². The molecule has 0 aliphatic heterocycles. The van der Waals surface area contributed by atoms with Gasteiger partial charge in [-0.05, 0) is 43.7 Å². The van der Waals surface area contributed by atoms with E-state index in [-0.39, 0.29) is 6.04 Å². The van der Waals surface area contributed by atoms with Gasteiger partial charge in [-0.1, -0.05) is 47.5 Å². The molecular formula is C17H20ClNO. The van der Waals surface area contributed by atoms with Crippen LogP contribution in [0.1, 0.15) is 22.7 Å². The first-order chi connectivity index (χ1) is 9.63. The van der Waals surface area contributed by atoms with Crippen LogP contribution in [-0.4, -0.2) is 14.2 Å². The molecule has 3 heteroatoms. The van der Waals surface area contributed by atoms with Crippen molar-refractivity contribution in [2.75, 3.05) is 14.2 Å². The summed E-state index contributed by atoms with van der Waals surface area (Å²) in [6, 6.07) is 14.8. The Hall–Kier alpha value is -1.51. The largest absolute Gasteiger partial charge is 0.495 e. The average Bonchev–Trinajstić information content (AvgIpc) is 2.47. The number of likely N-dealkylation sites (N-methyl/N-ethyl adjacent to an activating group) is 1. The molecule has 0 bridgehead atoms. The third-order valence-corrected chi connectivity index (χ3v) is 3.80. The highest BCUT2D eigenvalue weighted by Crippen LogP contribution is 2.29. The van der Waals surface area contributed by atoms with Gasteiger partial charge in [-0.25, -0.2) is 0 Å². The van der Waals surface area contributed by atoms with Gasteiger partial charge in [-0.2, -0.15) is 0 Å². The Labute approximate surface area is 125 Å². The van der Waals surface area contributed by atoms with Crippen molar-refractivity contribution in [1.82, 2.24) is 5.32 Å². The topological polar surface area (TPSA) is 21.3 Å². The fourth-order valence-corrected chi connectivity index (χ4v) is 2.43. The van der Waals surface area contributed by atoms with Gasteiger partial charge in [0.25, 0.3) is 0 Å². The number of nitrogens with one attached hydrogen (secondary N) is 1. The lowest BCUT2D eigenvalue weighted by atomic mass is 9.98. The normalized spacial score (nSPS) is 12.2. The summed E-state index contributed by atoms with van der Waals surface area (Å²) in [5.74, 6) is 0.716. The Balaban J connectivity index is 2.21. The van der Waals surface area contributed by atoms with Crippen LogP contribution in [0, 0.1) is 6.92 Å². The number of ether oxygens (including phenoxy) is 1. The van der Waals surface area contributed by atoms with Crippen LogP contribution in [0.2, 0.25) is 5.02 Å². The molecule has 0 saturated heterocycles. The summed E-state index contributed by atoms with van der Waals surface area (Å²) in [6.07, 6.45) is 0.932. The molecule has 0 spiro atoms. The Kier molecular flexibility index (Phi) is 5.05. The minimum Gasteiger partial charge on any atom is -0.495 e. The number of aryl methyl sites for hydroxylation is 1. The van der Waals surface area contributed by atoms with Gasteiger partial charge in [0, 0.05) is 6.04 Å². The second kappa shape index (κ2) is 6.78. The van der Waals surface area contributed by atoms with Crippen molar-refractivity contribution in [3.05, 3.63) is 64.2 Å². The van der Waals surface area contributed by atoms with E-state index < -0.39 is 0 Å². The van der Waals surface area contributed by atoms with Gasteiger partial charge < -0.3 is 10.1 Å². The first kappa shape index (κ1) is 14.9. The number of hydrogen-bond donors (Lipinski definition) is 1. The Morgan fingerprint density at radius 3 is 2.45 bits per heavy atom. The molecule has 0 radical (unpaired) electrons. The number of benzene rings is 2. The van der Waals surface area contributed by atoms with Gasteiger partial charge in [0.15, 0.2) is 0 Å². The molecule has 2 aromatic carbocycles. The lowest BCUT2D eigenvalue weighted by molar-refractivity contribution is 0.413. The maximum atomic E-state index is 6.08. The third-order valence-electron chi connectivity index (χ3n) is 3.49. The summed E-state index contributed by atoms with van der Waals surface area (Å²) in [6.45, 7) is 2.10. The molecule has 0 heterocycles. The van der Waals surface area contributed by atoms with Crippen molar-refractivity contribution < 1.29 is 4.74 Å². The lowest BCUT2D eigenvalue weighted by Crippen LogP contribution is -2.18. The minimum atomic E-state index is 0.240. The standard InChI is InChI=1S/C17H20ClNO/c1-12-4-6-13(7-5-12)10-16(19-2)14-8-9-15(18)17(11-14)20-3/h4-9,11,16,19H,10H2,1-3H3. The van der Waals surface area contributed by atoms with Gasteiger partial charge in [0.1, 0.15) is 5.75 Å². The van der Waals surface area contributed by atoms with Crippen LogP contribution in [0.15, 0.2) is 42.5 Å². The van der Waals surface area contributed by atoms with Crippen molar-refractivity contribution >= 4 is 11.6 Å². The van der Waals surface area contributed by atoms with Crippen LogP contribution in [0.3, 0.4) is 0 Å². The highest BCUT2D eigenvalue weighted by Gasteiger charge is 2.12. The van der Waals surface area contributed by atoms with E-state index in [2.05, 4.69) is 36.5 Å². The van der Waals surface area contributed by atoms with E-state index in [1.54, 1.807) is 7.11 Å². The predicted octanol–water partition coefficient (Wildman–Crippen LogP) is 4.16. The van der Waals surface area contributed by atoms with Crippen LogP contribution < -0.4 is 10.1 Å². The zero-order chi connectivity index (χ0) is 14.5. The molecule has 2 nitrogen and oxygen atoms in total. The summed E-state index contributed by atoms with van der Waals surface area (Å²) in [5.41, 5.74) is 3.76. The second-order valence-electron chi connectivity index (χ2n) is 4.92. The summed E-state index contributed by atoms with van der Waals surface area (Å²) in [4.78, 5) is 0. The van der Waals surface area contributed by atoms with E-state index in [0.29, 0.717) is 10.8 Å². The molecule has 106 valence electrons. The first-order valence-electron chi connectivity index (χ1n) is 6.70.